The van der Waals surface area contributed by atoms with Crippen LogP contribution in [-0.4, -0.2) is 11.1 Å². The molecular weight excluding hydrogens is 276 g/mol. The van der Waals surface area contributed by atoms with E-state index < -0.39 is 0 Å². The van der Waals surface area contributed by atoms with E-state index in [2.05, 4.69) is 29.5 Å². The number of aryl methyl sites for hydroxylation is 3. The molecule has 2 aromatic rings. The maximum atomic E-state index is 12.7. The summed E-state index contributed by atoms with van der Waals surface area (Å²) in [6.07, 6.45) is 0.717. The molecule has 0 radical (unpaired) electrons. The fraction of sp³-hybridized carbons (Fsp3) is 0.444. The van der Waals surface area contributed by atoms with Gasteiger partial charge < -0.3 is 9.84 Å². The van der Waals surface area contributed by atoms with E-state index in [0.29, 0.717) is 0 Å². The molecule has 0 unspecified atom stereocenters. The first kappa shape index (κ1) is 16.3. The van der Waals surface area contributed by atoms with Crippen LogP contribution in [0.3, 0.4) is 0 Å². The minimum Gasteiger partial charge on any atom is -0.361 e. The van der Waals surface area contributed by atoms with Crippen molar-refractivity contribution >= 4 is 5.91 Å². The van der Waals surface area contributed by atoms with Gasteiger partial charge in [0, 0.05) is 5.56 Å². The molecule has 0 spiro atoms. The average Bonchev–Trinajstić information content (AvgIpc) is 2.80. The van der Waals surface area contributed by atoms with Gasteiger partial charge in [-0.15, -0.1) is 0 Å². The zero-order valence-corrected chi connectivity index (χ0v) is 13.9. The Morgan fingerprint density at radius 2 is 1.95 bits per heavy atom. The van der Waals surface area contributed by atoms with E-state index in [4.69, 9.17) is 4.52 Å². The first-order valence-electron chi connectivity index (χ1n) is 7.74. The van der Waals surface area contributed by atoms with E-state index in [1.54, 1.807) is 0 Å². The lowest BCUT2D eigenvalue weighted by Gasteiger charge is -2.21. The largest absolute Gasteiger partial charge is 0.361 e. The third kappa shape index (κ3) is 3.21. The molecule has 1 aromatic heterocycles. The summed E-state index contributed by atoms with van der Waals surface area (Å²) in [6.45, 7) is 9.82. The molecule has 0 aliphatic carbocycles. The van der Waals surface area contributed by atoms with Crippen LogP contribution in [0.4, 0.5) is 0 Å². The highest BCUT2D eigenvalue weighted by atomic mass is 16.5. The van der Waals surface area contributed by atoms with Crippen LogP contribution in [-0.2, 0) is 4.79 Å². The van der Waals surface area contributed by atoms with Gasteiger partial charge in [0.15, 0.2) is 0 Å². The van der Waals surface area contributed by atoms with Gasteiger partial charge in [0.1, 0.15) is 5.76 Å². The lowest BCUT2D eigenvalue weighted by atomic mass is 9.93. The number of rotatable bonds is 5. The first-order chi connectivity index (χ1) is 10.5. The number of hydrogen-bond donors (Lipinski definition) is 1. The second-order valence-electron chi connectivity index (χ2n) is 5.79. The molecule has 118 valence electrons. The fourth-order valence-corrected chi connectivity index (χ4v) is 2.97. The first-order valence-corrected chi connectivity index (χ1v) is 7.74. The molecule has 1 amide bonds. The number of amides is 1. The van der Waals surface area contributed by atoms with E-state index in [1.807, 2.05) is 39.8 Å². The van der Waals surface area contributed by atoms with Crippen LogP contribution >= 0.6 is 0 Å². The molecule has 0 aliphatic heterocycles. The Bertz CT molecular complexity index is 641. The predicted octanol–water partition coefficient (Wildman–Crippen LogP) is 3.97. The number of carbonyl (C=O) groups excluding carboxylic acids is 1. The molecule has 0 bridgehead atoms. The molecule has 0 saturated heterocycles. The van der Waals surface area contributed by atoms with E-state index in [0.717, 1.165) is 29.0 Å². The van der Waals surface area contributed by atoms with Gasteiger partial charge in [-0.05, 0) is 45.2 Å². The maximum absolute atomic E-state index is 12.7. The summed E-state index contributed by atoms with van der Waals surface area (Å²) in [5.41, 5.74) is 4.03. The van der Waals surface area contributed by atoms with Crippen LogP contribution in [0, 0.1) is 20.8 Å². The number of benzene rings is 1. The van der Waals surface area contributed by atoms with Gasteiger partial charge >= 0.3 is 0 Å². The van der Waals surface area contributed by atoms with Gasteiger partial charge in [0.05, 0.1) is 17.7 Å². The molecule has 0 aliphatic rings. The predicted molar refractivity (Wildman–Crippen MR) is 86.7 cm³/mol. The topological polar surface area (TPSA) is 55.1 Å². The molecule has 2 rings (SSSR count). The summed E-state index contributed by atoms with van der Waals surface area (Å²) in [5, 5.41) is 7.09. The van der Waals surface area contributed by atoms with Crippen molar-refractivity contribution in [2.24, 2.45) is 0 Å². The van der Waals surface area contributed by atoms with Crippen molar-refractivity contribution in [3.63, 3.8) is 0 Å². The molecule has 1 aromatic carbocycles. The molecule has 4 heteroatoms. The molecule has 0 fully saturated rings. The van der Waals surface area contributed by atoms with Gasteiger partial charge in [-0.3, -0.25) is 4.79 Å². The van der Waals surface area contributed by atoms with Crippen LogP contribution in [0.1, 0.15) is 60.4 Å². The SMILES string of the molecule is CC[C@H](C(=O)N[C@H](C)c1ccccc1C)c1c(C)noc1C. The summed E-state index contributed by atoms with van der Waals surface area (Å²) in [5.74, 6) is 0.522. The molecule has 0 saturated carbocycles. The monoisotopic (exact) mass is 300 g/mol. The smallest absolute Gasteiger partial charge is 0.228 e. The number of nitrogens with zero attached hydrogens (tertiary/aromatic N) is 1. The Hall–Kier alpha value is -2.10. The van der Waals surface area contributed by atoms with Crippen molar-refractivity contribution in [1.29, 1.82) is 0 Å². The third-order valence-corrected chi connectivity index (χ3v) is 4.18. The van der Waals surface area contributed by atoms with Crippen LogP contribution in [0.2, 0.25) is 0 Å². The van der Waals surface area contributed by atoms with Crippen molar-refractivity contribution in [3.8, 4) is 0 Å². The second-order valence-corrected chi connectivity index (χ2v) is 5.79. The zero-order chi connectivity index (χ0) is 16.3. The maximum Gasteiger partial charge on any atom is 0.228 e. The van der Waals surface area contributed by atoms with Gasteiger partial charge in [-0.2, -0.15) is 0 Å². The highest BCUT2D eigenvalue weighted by Crippen LogP contribution is 2.27. The molecule has 22 heavy (non-hydrogen) atoms. The van der Waals surface area contributed by atoms with Crippen LogP contribution in [0.5, 0.6) is 0 Å². The Morgan fingerprint density at radius 1 is 1.27 bits per heavy atom. The van der Waals surface area contributed by atoms with E-state index in [-0.39, 0.29) is 17.9 Å². The van der Waals surface area contributed by atoms with Gasteiger partial charge in [0.25, 0.3) is 0 Å². The lowest BCUT2D eigenvalue weighted by Crippen LogP contribution is -2.32. The highest BCUT2D eigenvalue weighted by molar-refractivity contribution is 5.84. The number of nitrogens with one attached hydrogen (secondary N) is 1. The Balaban J connectivity index is 2.18. The Kier molecular flexibility index (Phi) is 5.01. The summed E-state index contributed by atoms with van der Waals surface area (Å²) < 4.78 is 5.21. The van der Waals surface area contributed by atoms with E-state index >= 15 is 0 Å². The second kappa shape index (κ2) is 6.77. The molecule has 4 nitrogen and oxygen atoms in total. The van der Waals surface area contributed by atoms with Crippen LogP contribution in [0.15, 0.2) is 28.8 Å². The standard InChI is InChI=1S/C18H24N2O2/c1-6-15(17-13(4)20-22-14(17)5)18(21)19-12(3)16-10-8-7-9-11(16)2/h7-10,12,15H,6H2,1-5H3,(H,19,21)/t12-,15+/m1/s1. The third-order valence-electron chi connectivity index (χ3n) is 4.18. The number of aromatic nitrogens is 1. The molecular formula is C18H24N2O2. The van der Waals surface area contributed by atoms with Crippen molar-refractivity contribution in [3.05, 3.63) is 52.4 Å². The normalized spacial score (nSPS) is 13.7. The van der Waals surface area contributed by atoms with Gasteiger partial charge in [-0.25, -0.2) is 0 Å². The molecule has 2 atom stereocenters. The Labute approximate surface area is 131 Å². The average molecular weight is 300 g/mol. The van der Waals surface area contributed by atoms with Crippen molar-refractivity contribution < 1.29 is 9.32 Å². The molecule has 1 N–H and O–H groups in total. The van der Waals surface area contributed by atoms with Crippen molar-refractivity contribution in [1.82, 2.24) is 10.5 Å². The minimum absolute atomic E-state index is 0.0210. The minimum atomic E-state index is -0.224. The van der Waals surface area contributed by atoms with E-state index in [9.17, 15) is 4.79 Å². The zero-order valence-electron chi connectivity index (χ0n) is 13.9. The number of hydrogen-bond acceptors (Lipinski definition) is 3. The van der Waals surface area contributed by atoms with Crippen molar-refractivity contribution in [2.45, 2.75) is 53.0 Å². The van der Waals surface area contributed by atoms with Crippen LogP contribution < -0.4 is 5.32 Å². The highest BCUT2D eigenvalue weighted by Gasteiger charge is 2.26. The summed E-state index contributed by atoms with van der Waals surface area (Å²) in [4.78, 5) is 12.7. The van der Waals surface area contributed by atoms with E-state index in [1.165, 1.54) is 5.56 Å². The quantitative estimate of drug-likeness (QED) is 0.909. The van der Waals surface area contributed by atoms with Crippen molar-refractivity contribution in [2.75, 3.05) is 0 Å². The summed E-state index contributed by atoms with van der Waals surface area (Å²) in [6, 6.07) is 8.09. The molecule has 1 heterocycles. The van der Waals surface area contributed by atoms with Crippen LogP contribution in [0.25, 0.3) is 0 Å². The number of carbonyl (C=O) groups is 1. The Morgan fingerprint density at radius 3 is 2.50 bits per heavy atom. The lowest BCUT2D eigenvalue weighted by molar-refractivity contribution is -0.123. The van der Waals surface area contributed by atoms with Gasteiger partial charge in [-0.1, -0.05) is 36.3 Å². The fourth-order valence-electron chi connectivity index (χ4n) is 2.97. The summed E-state index contributed by atoms with van der Waals surface area (Å²) >= 11 is 0. The summed E-state index contributed by atoms with van der Waals surface area (Å²) in [7, 11) is 0. The van der Waals surface area contributed by atoms with Gasteiger partial charge in [0.2, 0.25) is 5.91 Å².